The number of hydrogen-bond acceptors (Lipinski definition) is 8. The van der Waals surface area contributed by atoms with Gasteiger partial charge in [0.05, 0.1) is 6.61 Å². The molecule has 0 spiro atoms. The Morgan fingerprint density at radius 2 is 2.14 bits per heavy atom. The first kappa shape index (κ1) is 11.0. The van der Waals surface area contributed by atoms with Crippen molar-refractivity contribution in [2.45, 2.75) is 18.0 Å². The summed E-state index contributed by atoms with van der Waals surface area (Å²) in [6, 6.07) is 0. The highest BCUT2D eigenvalue weighted by atomic mass is 17.1. The minimum absolute atomic E-state index is 0.878. The van der Waals surface area contributed by atoms with Gasteiger partial charge in [0.15, 0.2) is 6.10 Å². The van der Waals surface area contributed by atoms with Crippen LogP contribution in [0.4, 0.5) is 0 Å². The summed E-state index contributed by atoms with van der Waals surface area (Å²) in [6.07, 6.45) is -3.58. The molecule has 1 aliphatic rings. The Bertz CT molecular complexity index is 263. The van der Waals surface area contributed by atoms with Crippen LogP contribution in [0.25, 0.3) is 0 Å². The third-order valence-electron chi connectivity index (χ3n) is 1.81. The Kier molecular flexibility index (Phi) is 2.83. The van der Waals surface area contributed by atoms with E-state index < -0.39 is 36.4 Å². The summed E-state index contributed by atoms with van der Waals surface area (Å²) < 4.78 is 4.20. The molecule has 0 radical (unpaired) electrons. The van der Waals surface area contributed by atoms with Crippen molar-refractivity contribution in [2.75, 3.05) is 6.61 Å². The van der Waals surface area contributed by atoms with Crippen LogP contribution in [0, 0.1) is 0 Å². The number of carbonyl (C=O) groups is 2. The zero-order chi connectivity index (χ0) is 10.9. The fraction of sp³-hybridized carbons (Fsp3) is 0.667. The zero-order valence-electron chi connectivity index (χ0n) is 6.78. The third kappa shape index (κ3) is 1.38. The van der Waals surface area contributed by atoms with Crippen LogP contribution in [-0.2, 0) is 19.2 Å². The maximum Gasteiger partial charge on any atom is 0.381 e. The lowest BCUT2D eigenvalue weighted by Crippen LogP contribution is -2.52. The van der Waals surface area contributed by atoms with Gasteiger partial charge < -0.3 is 20.1 Å². The number of aliphatic hydroxyl groups excluding tert-OH is 2. The monoisotopic (exact) mass is 208 g/mol. The smallest absolute Gasteiger partial charge is 0.381 e. The molecule has 80 valence electrons. The summed E-state index contributed by atoms with van der Waals surface area (Å²) in [4.78, 5) is 25.0. The lowest BCUT2D eigenvalue weighted by molar-refractivity contribution is -0.391. The molecule has 14 heavy (non-hydrogen) atoms. The van der Waals surface area contributed by atoms with Gasteiger partial charge in [0.1, 0.15) is 6.10 Å². The van der Waals surface area contributed by atoms with Crippen molar-refractivity contribution in [1.82, 2.24) is 0 Å². The van der Waals surface area contributed by atoms with Crippen LogP contribution in [0.3, 0.4) is 0 Å². The SMILES string of the molecule is O=C1O[C@H]([C@@H](O)CO)C(O)(OO)C1=O. The van der Waals surface area contributed by atoms with E-state index in [0.29, 0.717) is 0 Å². The minimum atomic E-state index is -2.96. The molecular formula is C6H8O8. The van der Waals surface area contributed by atoms with Crippen LogP contribution in [0.1, 0.15) is 0 Å². The van der Waals surface area contributed by atoms with E-state index in [0.717, 1.165) is 0 Å². The van der Waals surface area contributed by atoms with Crippen molar-refractivity contribution in [3.05, 3.63) is 0 Å². The molecule has 0 bridgehead atoms. The first-order chi connectivity index (χ1) is 6.47. The fourth-order valence-electron chi connectivity index (χ4n) is 1.05. The summed E-state index contributed by atoms with van der Waals surface area (Å²) in [6.45, 7) is -0.878. The topological polar surface area (TPSA) is 134 Å². The zero-order valence-corrected chi connectivity index (χ0v) is 6.78. The lowest BCUT2D eigenvalue weighted by atomic mass is 10.0. The number of ether oxygens (including phenoxy) is 1. The minimum Gasteiger partial charge on any atom is -0.447 e. The number of Topliss-reactive ketones (excluding diaryl/α,β-unsaturated/α-hetero) is 1. The van der Waals surface area contributed by atoms with Gasteiger partial charge in [0, 0.05) is 0 Å². The Labute approximate surface area is 77.2 Å². The molecule has 4 N–H and O–H groups in total. The average molecular weight is 208 g/mol. The van der Waals surface area contributed by atoms with E-state index in [2.05, 4.69) is 9.62 Å². The number of rotatable bonds is 3. The van der Waals surface area contributed by atoms with Gasteiger partial charge in [-0.05, 0) is 0 Å². The second-order valence-corrected chi connectivity index (χ2v) is 2.69. The highest BCUT2D eigenvalue weighted by molar-refractivity contribution is 6.38. The van der Waals surface area contributed by atoms with Crippen molar-refractivity contribution in [3.63, 3.8) is 0 Å². The molecule has 1 rings (SSSR count). The largest absolute Gasteiger partial charge is 0.447 e. The van der Waals surface area contributed by atoms with Gasteiger partial charge in [0.25, 0.3) is 0 Å². The van der Waals surface area contributed by atoms with Gasteiger partial charge >= 0.3 is 17.5 Å². The van der Waals surface area contributed by atoms with Crippen molar-refractivity contribution < 1.29 is 39.8 Å². The molecule has 8 heteroatoms. The van der Waals surface area contributed by atoms with Gasteiger partial charge in [-0.25, -0.2) is 10.1 Å². The highest BCUT2D eigenvalue weighted by Crippen LogP contribution is 2.26. The van der Waals surface area contributed by atoms with Crippen LogP contribution in [0.2, 0.25) is 0 Å². The molecule has 1 unspecified atom stereocenters. The number of hydrogen-bond donors (Lipinski definition) is 4. The van der Waals surface area contributed by atoms with E-state index in [4.69, 9.17) is 15.5 Å². The second kappa shape index (κ2) is 3.59. The van der Waals surface area contributed by atoms with Crippen molar-refractivity contribution in [1.29, 1.82) is 0 Å². The van der Waals surface area contributed by atoms with Crippen LogP contribution in [-0.4, -0.2) is 56.9 Å². The third-order valence-corrected chi connectivity index (χ3v) is 1.81. The Balaban J connectivity index is 2.97. The molecule has 0 aromatic heterocycles. The summed E-state index contributed by atoms with van der Waals surface area (Å²) in [5.74, 6) is -5.96. The number of esters is 1. The molecule has 3 atom stereocenters. The van der Waals surface area contributed by atoms with Gasteiger partial charge in [-0.2, -0.15) is 4.89 Å². The first-order valence-corrected chi connectivity index (χ1v) is 3.56. The Hall–Kier alpha value is -1.06. The molecule has 0 aromatic rings. The molecular weight excluding hydrogens is 200 g/mol. The molecule has 8 nitrogen and oxygen atoms in total. The second-order valence-electron chi connectivity index (χ2n) is 2.69. The van der Waals surface area contributed by atoms with E-state index in [1.54, 1.807) is 0 Å². The quantitative estimate of drug-likeness (QED) is 0.127. The molecule has 0 saturated carbocycles. The fourth-order valence-corrected chi connectivity index (χ4v) is 1.05. The highest BCUT2D eigenvalue weighted by Gasteiger charge is 2.61. The summed E-state index contributed by atoms with van der Waals surface area (Å²) in [5.41, 5.74) is 0. The molecule has 0 aromatic carbocycles. The number of cyclic esters (lactones) is 1. The molecule has 1 heterocycles. The van der Waals surface area contributed by atoms with E-state index in [-0.39, 0.29) is 0 Å². The Morgan fingerprint density at radius 3 is 2.57 bits per heavy atom. The maximum atomic E-state index is 10.9. The van der Waals surface area contributed by atoms with Crippen LogP contribution in [0.15, 0.2) is 0 Å². The summed E-state index contributed by atoms with van der Waals surface area (Å²) >= 11 is 0. The van der Waals surface area contributed by atoms with Crippen molar-refractivity contribution in [2.24, 2.45) is 0 Å². The standard InChI is InChI=1S/C6H8O8/c7-1-2(8)4-6(11,14-12)3(9)5(10)13-4/h2,4,7-8,11-12H,1H2/t2-,4+,6?/m0/s1. The first-order valence-electron chi connectivity index (χ1n) is 3.56. The van der Waals surface area contributed by atoms with Crippen molar-refractivity contribution >= 4 is 11.8 Å². The Morgan fingerprint density at radius 1 is 1.57 bits per heavy atom. The van der Waals surface area contributed by atoms with Crippen LogP contribution < -0.4 is 0 Å². The summed E-state index contributed by atoms with van der Waals surface area (Å²) in [7, 11) is 0. The van der Waals surface area contributed by atoms with E-state index in [9.17, 15) is 14.7 Å². The number of ketones is 1. The van der Waals surface area contributed by atoms with E-state index in [1.165, 1.54) is 0 Å². The molecule has 1 saturated heterocycles. The predicted molar refractivity (Wildman–Crippen MR) is 36.6 cm³/mol. The maximum absolute atomic E-state index is 10.9. The molecule has 1 fully saturated rings. The van der Waals surface area contributed by atoms with Gasteiger partial charge in [-0.3, -0.25) is 4.79 Å². The lowest BCUT2D eigenvalue weighted by Gasteiger charge is -2.24. The number of aliphatic hydroxyl groups is 3. The number of carbonyl (C=O) groups excluding carboxylic acids is 2. The van der Waals surface area contributed by atoms with Gasteiger partial charge in [-0.1, -0.05) is 0 Å². The molecule has 0 aliphatic carbocycles. The van der Waals surface area contributed by atoms with Crippen LogP contribution >= 0.6 is 0 Å². The van der Waals surface area contributed by atoms with E-state index >= 15 is 0 Å². The molecule has 0 amide bonds. The average Bonchev–Trinajstić information content (AvgIpc) is 2.42. The van der Waals surface area contributed by atoms with Crippen LogP contribution in [0.5, 0.6) is 0 Å². The normalized spacial score (nSPS) is 34.4. The van der Waals surface area contributed by atoms with E-state index in [1.807, 2.05) is 0 Å². The molecule has 1 aliphatic heterocycles. The van der Waals surface area contributed by atoms with Gasteiger partial charge in [0.2, 0.25) is 0 Å². The predicted octanol–water partition coefficient (Wildman–Crippen LogP) is -2.99. The summed E-state index contributed by atoms with van der Waals surface area (Å²) in [5, 5.41) is 35.0. The van der Waals surface area contributed by atoms with Gasteiger partial charge in [-0.15, -0.1) is 0 Å². The van der Waals surface area contributed by atoms with Crippen molar-refractivity contribution in [3.8, 4) is 0 Å².